The van der Waals surface area contributed by atoms with E-state index in [9.17, 15) is 19.2 Å². The lowest BCUT2D eigenvalue weighted by atomic mass is 10.1. The second-order valence-corrected chi connectivity index (χ2v) is 5.69. The van der Waals surface area contributed by atoms with Gasteiger partial charge in [0.15, 0.2) is 0 Å². The highest BCUT2D eigenvalue weighted by atomic mass is 16.4. The van der Waals surface area contributed by atoms with Crippen LogP contribution < -0.4 is 0 Å². The molecule has 1 saturated heterocycles. The van der Waals surface area contributed by atoms with Gasteiger partial charge < -0.3 is 9.67 Å². The zero-order valence-corrected chi connectivity index (χ0v) is 13.6. The largest absolute Gasteiger partial charge is 0.480 e. The molecular weight excluding hydrogens is 326 g/mol. The van der Waals surface area contributed by atoms with Gasteiger partial charge in [-0.25, -0.2) is 4.79 Å². The van der Waals surface area contributed by atoms with Crippen LogP contribution in [0.15, 0.2) is 36.0 Å². The van der Waals surface area contributed by atoms with Crippen LogP contribution >= 0.6 is 0 Å². The minimum atomic E-state index is -1.00. The van der Waals surface area contributed by atoms with Gasteiger partial charge in [0.2, 0.25) is 0 Å². The van der Waals surface area contributed by atoms with Crippen molar-refractivity contribution < 1.29 is 24.3 Å². The molecule has 1 aliphatic rings. The van der Waals surface area contributed by atoms with Crippen LogP contribution in [0.3, 0.4) is 0 Å². The van der Waals surface area contributed by atoms with Gasteiger partial charge in [-0.3, -0.25) is 24.2 Å². The summed E-state index contributed by atoms with van der Waals surface area (Å²) in [5.74, 6) is -2.39. The molecule has 1 aromatic carbocycles. The smallest absolute Gasteiger partial charge is 0.333 e. The third kappa shape index (κ3) is 2.67. The maximum absolute atomic E-state index is 12.3. The van der Waals surface area contributed by atoms with E-state index in [1.807, 2.05) is 0 Å². The Bertz CT molecular complexity index is 930. The predicted molar refractivity (Wildman–Crippen MR) is 88.5 cm³/mol. The fourth-order valence-corrected chi connectivity index (χ4v) is 2.80. The number of hydrogen-bond donors (Lipinski definition) is 1. The molecule has 0 unspecified atom stereocenters. The molecule has 8 nitrogen and oxygen atoms in total. The van der Waals surface area contributed by atoms with Crippen molar-refractivity contribution in [3.05, 3.63) is 41.6 Å². The Balaban J connectivity index is 2.15. The van der Waals surface area contributed by atoms with Crippen LogP contribution in [-0.4, -0.2) is 57.4 Å². The second-order valence-electron chi connectivity index (χ2n) is 5.69. The van der Waals surface area contributed by atoms with E-state index in [-0.39, 0.29) is 12.1 Å². The number of carboxylic acid groups (broad SMARTS) is 1. The van der Waals surface area contributed by atoms with Crippen LogP contribution in [0.5, 0.6) is 0 Å². The van der Waals surface area contributed by atoms with E-state index in [2.05, 4.69) is 0 Å². The Morgan fingerprint density at radius 1 is 1.08 bits per heavy atom. The minimum Gasteiger partial charge on any atom is -0.480 e. The Morgan fingerprint density at radius 2 is 1.68 bits per heavy atom. The van der Waals surface area contributed by atoms with E-state index < -0.39 is 23.8 Å². The van der Waals surface area contributed by atoms with Gasteiger partial charge in [0.1, 0.15) is 12.1 Å². The highest BCUT2D eigenvalue weighted by molar-refractivity contribution is 6.31. The van der Waals surface area contributed by atoms with Gasteiger partial charge in [-0.1, -0.05) is 18.2 Å². The Hall–Kier alpha value is -3.42. The number of likely N-dealkylation sites (N-methyl/N-ethyl adjacent to an activating group) is 2. The number of carbonyl (C=O) groups excluding carboxylic acids is 3. The van der Waals surface area contributed by atoms with E-state index in [1.165, 1.54) is 24.7 Å². The quantitative estimate of drug-likeness (QED) is 0.667. The molecule has 0 aliphatic carbocycles. The van der Waals surface area contributed by atoms with E-state index in [1.54, 1.807) is 30.5 Å². The fourth-order valence-electron chi connectivity index (χ4n) is 2.80. The summed E-state index contributed by atoms with van der Waals surface area (Å²) in [5.41, 5.74) is 1.05. The van der Waals surface area contributed by atoms with Crippen LogP contribution in [0.4, 0.5) is 4.79 Å². The fraction of sp³-hybridized carbons (Fsp3) is 0.176. The van der Waals surface area contributed by atoms with Crippen molar-refractivity contribution in [1.29, 1.82) is 0 Å². The maximum Gasteiger partial charge on any atom is 0.333 e. The van der Waals surface area contributed by atoms with Crippen LogP contribution in [0.1, 0.15) is 5.56 Å². The number of nitrogens with zero attached hydrogens (tertiary/aromatic N) is 3. The molecule has 0 bridgehead atoms. The van der Waals surface area contributed by atoms with E-state index >= 15 is 0 Å². The molecule has 1 aromatic heterocycles. The predicted octanol–water partition coefficient (Wildman–Crippen LogP) is 1.16. The third-order valence-electron chi connectivity index (χ3n) is 4.07. The average molecular weight is 341 g/mol. The molecule has 1 fully saturated rings. The van der Waals surface area contributed by atoms with Crippen LogP contribution in [0.2, 0.25) is 0 Å². The van der Waals surface area contributed by atoms with E-state index in [4.69, 9.17) is 5.11 Å². The molecule has 0 radical (unpaired) electrons. The summed E-state index contributed by atoms with van der Waals surface area (Å²) in [6.45, 7) is -0.246. The maximum atomic E-state index is 12.3. The zero-order chi connectivity index (χ0) is 18.3. The molecule has 1 N–H and O–H groups in total. The summed E-state index contributed by atoms with van der Waals surface area (Å²) in [6, 6.07) is 6.39. The molecule has 128 valence electrons. The number of carbonyl (C=O) groups is 4. The molecule has 3 rings (SSSR count). The molecule has 0 saturated carbocycles. The third-order valence-corrected chi connectivity index (χ3v) is 4.07. The van der Waals surface area contributed by atoms with Gasteiger partial charge >= 0.3 is 12.0 Å². The number of hydrogen-bond acceptors (Lipinski definition) is 4. The van der Waals surface area contributed by atoms with Crippen molar-refractivity contribution in [2.45, 2.75) is 6.54 Å². The average Bonchev–Trinajstić information content (AvgIpc) is 2.92. The number of urea groups is 1. The van der Waals surface area contributed by atoms with Crippen LogP contribution in [0, 0.1) is 0 Å². The Kier molecular flexibility index (Phi) is 3.88. The van der Waals surface area contributed by atoms with Crippen LogP contribution in [0.25, 0.3) is 17.0 Å². The standard InChI is InChI=1S/C17H15N3O5/c1-18-15(23)12(16(24)19(2)17(18)25)7-10-8-20(9-14(21)22)13-6-4-3-5-11(10)13/h3-8H,9H2,1-2H3,(H,21,22). The first-order valence-corrected chi connectivity index (χ1v) is 7.42. The molecular formula is C17H15N3O5. The topological polar surface area (TPSA) is 99.9 Å². The summed E-state index contributed by atoms with van der Waals surface area (Å²) in [6.07, 6.45) is 2.97. The normalized spacial score (nSPS) is 15.3. The summed E-state index contributed by atoms with van der Waals surface area (Å²) in [4.78, 5) is 49.2. The number of para-hydroxylation sites is 1. The summed E-state index contributed by atoms with van der Waals surface area (Å²) < 4.78 is 1.53. The van der Waals surface area contributed by atoms with Crippen molar-refractivity contribution in [1.82, 2.24) is 14.4 Å². The number of aromatic nitrogens is 1. The van der Waals surface area contributed by atoms with Gasteiger partial charge in [-0.2, -0.15) is 0 Å². The number of benzene rings is 1. The van der Waals surface area contributed by atoms with Gasteiger partial charge in [-0.05, 0) is 12.1 Å². The number of imide groups is 2. The molecule has 4 amide bonds. The minimum absolute atomic E-state index is 0.150. The SMILES string of the molecule is CN1C(=O)C(=Cc2cn(CC(=O)O)c3ccccc23)C(=O)N(C)C1=O. The van der Waals surface area contributed by atoms with Crippen molar-refractivity contribution in [3.8, 4) is 0 Å². The van der Waals surface area contributed by atoms with Gasteiger partial charge in [0.25, 0.3) is 11.8 Å². The van der Waals surface area contributed by atoms with E-state index in [0.717, 1.165) is 9.80 Å². The lowest BCUT2D eigenvalue weighted by Crippen LogP contribution is -2.52. The number of barbiturate groups is 1. The first-order chi connectivity index (χ1) is 11.8. The number of fused-ring (bicyclic) bond motifs is 1. The van der Waals surface area contributed by atoms with Gasteiger partial charge in [-0.15, -0.1) is 0 Å². The van der Waals surface area contributed by atoms with Gasteiger partial charge in [0, 0.05) is 36.8 Å². The highest BCUT2D eigenvalue weighted by Crippen LogP contribution is 2.25. The van der Waals surface area contributed by atoms with Gasteiger partial charge in [0.05, 0.1) is 0 Å². The summed E-state index contributed by atoms with van der Waals surface area (Å²) in [7, 11) is 2.60. The molecule has 25 heavy (non-hydrogen) atoms. The highest BCUT2D eigenvalue weighted by Gasteiger charge is 2.37. The first-order valence-electron chi connectivity index (χ1n) is 7.42. The Labute approximate surface area is 142 Å². The lowest BCUT2D eigenvalue weighted by Gasteiger charge is -2.28. The van der Waals surface area contributed by atoms with Crippen LogP contribution in [-0.2, 0) is 20.9 Å². The lowest BCUT2D eigenvalue weighted by molar-refractivity contribution is -0.138. The molecule has 8 heteroatoms. The monoisotopic (exact) mass is 341 g/mol. The molecule has 2 heterocycles. The summed E-state index contributed by atoms with van der Waals surface area (Å²) in [5, 5.41) is 9.75. The van der Waals surface area contributed by atoms with Crippen molar-refractivity contribution in [2.75, 3.05) is 14.1 Å². The summed E-state index contributed by atoms with van der Waals surface area (Å²) >= 11 is 0. The molecule has 2 aromatic rings. The molecule has 0 atom stereocenters. The van der Waals surface area contributed by atoms with Crippen molar-refractivity contribution in [2.24, 2.45) is 0 Å². The Morgan fingerprint density at radius 3 is 2.28 bits per heavy atom. The van der Waals surface area contributed by atoms with Crippen molar-refractivity contribution >= 4 is 40.8 Å². The van der Waals surface area contributed by atoms with Crippen molar-refractivity contribution in [3.63, 3.8) is 0 Å². The molecule has 1 aliphatic heterocycles. The number of amides is 4. The number of rotatable bonds is 3. The number of carboxylic acids is 1. The second kappa shape index (κ2) is 5.90. The number of aliphatic carboxylic acids is 1. The zero-order valence-electron chi connectivity index (χ0n) is 13.6. The first kappa shape index (κ1) is 16.4. The molecule has 0 spiro atoms. The van der Waals surface area contributed by atoms with E-state index in [0.29, 0.717) is 16.5 Å².